The van der Waals surface area contributed by atoms with Crippen LogP contribution in [0.3, 0.4) is 0 Å². The van der Waals surface area contributed by atoms with Gasteiger partial charge < -0.3 is 10.4 Å². The molecule has 1 aliphatic rings. The number of benzene rings is 1. The topological polar surface area (TPSA) is 80.0 Å². The van der Waals surface area contributed by atoms with Crippen LogP contribution < -0.4 is 5.32 Å². The summed E-state index contributed by atoms with van der Waals surface area (Å²) in [4.78, 5) is 15.4. The van der Waals surface area contributed by atoms with Gasteiger partial charge in [0.15, 0.2) is 0 Å². The molecule has 0 saturated heterocycles. The third kappa shape index (κ3) is 4.12. The molecular formula is C22H24N4O2. The number of carboxylic acid groups (broad SMARTS) is 1. The number of pyridine rings is 1. The van der Waals surface area contributed by atoms with Crippen LogP contribution in [0.25, 0.3) is 16.9 Å². The zero-order valence-electron chi connectivity index (χ0n) is 15.7. The van der Waals surface area contributed by atoms with Gasteiger partial charge >= 0.3 is 5.97 Å². The molecule has 1 aliphatic carbocycles. The van der Waals surface area contributed by atoms with E-state index in [1.807, 2.05) is 53.3 Å². The van der Waals surface area contributed by atoms with Gasteiger partial charge in [0.05, 0.1) is 17.3 Å². The molecule has 144 valence electrons. The van der Waals surface area contributed by atoms with Crippen molar-refractivity contribution in [1.29, 1.82) is 0 Å². The Kier molecular flexibility index (Phi) is 5.48. The number of nitrogens with zero attached hydrogens (tertiary/aromatic N) is 3. The third-order valence-electron chi connectivity index (χ3n) is 5.40. The average Bonchev–Trinajstić information content (AvgIpc) is 3.18. The second-order valence-corrected chi connectivity index (χ2v) is 7.29. The predicted octanol–water partition coefficient (Wildman–Crippen LogP) is 3.67. The van der Waals surface area contributed by atoms with Crippen LogP contribution in [0.2, 0.25) is 0 Å². The first-order valence-electron chi connectivity index (χ1n) is 9.71. The summed E-state index contributed by atoms with van der Waals surface area (Å²) in [5, 5.41) is 17.6. The van der Waals surface area contributed by atoms with Gasteiger partial charge in [0, 0.05) is 42.3 Å². The number of hydrogen-bond acceptors (Lipinski definition) is 4. The van der Waals surface area contributed by atoms with E-state index in [0.717, 1.165) is 48.2 Å². The van der Waals surface area contributed by atoms with Crippen molar-refractivity contribution in [3.05, 3.63) is 66.6 Å². The summed E-state index contributed by atoms with van der Waals surface area (Å²) in [6.07, 6.45) is 8.93. The van der Waals surface area contributed by atoms with Crippen molar-refractivity contribution in [2.24, 2.45) is 5.92 Å². The number of rotatable bonds is 6. The van der Waals surface area contributed by atoms with Gasteiger partial charge in [-0.1, -0.05) is 18.2 Å². The third-order valence-corrected chi connectivity index (χ3v) is 5.40. The molecule has 0 unspecified atom stereocenters. The Morgan fingerprint density at radius 3 is 2.57 bits per heavy atom. The van der Waals surface area contributed by atoms with Crippen molar-refractivity contribution in [2.45, 2.75) is 38.3 Å². The van der Waals surface area contributed by atoms with Crippen molar-refractivity contribution in [3.63, 3.8) is 0 Å². The Balaban J connectivity index is 1.52. The summed E-state index contributed by atoms with van der Waals surface area (Å²) >= 11 is 0. The molecule has 2 aromatic heterocycles. The number of carbonyl (C=O) groups is 1. The van der Waals surface area contributed by atoms with Crippen LogP contribution in [-0.2, 0) is 11.3 Å². The maximum Gasteiger partial charge on any atom is 0.306 e. The fourth-order valence-electron chi connectivity index (χ4n) is 3.80. The van der Waals surface area contributed by atoms with E-state index in [9.17, 15) is 4.79 Å². The molecule has 6 heteroatoms. The Bertz CT molecular complexity index is 916. The van der Waals surface area contributed by atoms with Crippen molar-refractivity contribution < 1.29 is 9.90 Å². The number of aliphatic carboxylic acids is 1. The highest BCUT2D eigenvalue weighted by molar-refractivity contribution is 5.70. The molecule has 28 heavy (non-hydrogen) atoms. The maximum atomic E-state index is 11.1. The minimum atomic E-state index is -0.665. The number of aromatic nitrogens is 3. The summed E-state index contributed by atoms with van der Waals surface area (Å²) in [5.41, 5.74) is 4.03. The maximum absolute atomic E-state index is 11.1. The van der Waals surface area contributed by atoms with Gasteiger partial charge in [0.2, 0.25) is 0 Å². The lowest BCUT2D eigenvalue weighted by molar-refractivity contribution is -0.142. The van der Waals surface area contributed by atoms with E-state index in [4.69, 9.17) is 10.2 Å². The molecule has 1 fully saturated rings. The predicted molar refractivity (Wildman–Crippen MR) is 107 cm³/mol. The van der Waals surface area contributed by atoms with E-state index in [-0.39, 0.29) is 5.92 Å². The van der Waals surface area contributed by atoms with Gasteiger partial charge in [0.25, 0.3) is 0 Å². The zero-order valence-corrected chi connectivity index (χ0v) is 15.7. The van der Waals surface area contributed by atoms with Crippen LogP contribution in [0.4, 0.5) is 0 Å². The average molecular weight is 376 g/mol. The number of para-hydroxylation sites is 1. The Morgan fingerprint density at radius 2 is 1.89 bits per heavy atom. The molecule has 4 rings (SSSR count). The molecule has 2 heterocycles. The summed E-state index contributed by atoms with van der Waals surface area (Å²) < 4.78 is 1.90. The van der Waals surface area contributed by atoms with Crippen molar-refractivity contribution in [2.75, 3.05) is 0 Å². The van der Waals surface area contributed by atoms with E-state index in [0.29, 0.717) is 12.6 Å². The lowest BCUT2D eigenvalue weighted by atomic mass is 9.86. The van der Waals surface area contributed by atoms with E-state index < -0.39 is 5.97 Å². The zero-order chi connectivity index (χ0) is 19.3. The summed E-state index contributed by atoms with van der Waals surface area (Å²) in [7, 11) is 0. The smallest absolute Gasteiger partial charge is 0.306 e. The summed E-state index contributed by atoms with van der Waals surface area (Å²) in [6.45, 7) is 0.694. The minimum Gasteiger partial charge on any atom is -0.481 e. The fraction of sp³-hybridized carbons (Fsp3) is 0.318. The van der Waals surface area contributed by atoms with Gasteiger partial charge in [-0.15, -0.1) is 0 Å². The highest BCUT2D eigenvalue weighted by atomic mass is 16.4. The fourth-order valence-corrected chi connectivity index (χ4v) is 3.80. The van der Waals surface area contributed by atoms with Crippen LogP contribution in [0.1, 0.15) is 31.2 Å². The first kappa shape index (κ1) is 18.4. The number of carboxylic acids is 1. The highest BCUT2D eigenvalue weighted by Gasteiger charge is 2.26. The SMILES string of the molecule is O=C(O)C1CCC(NCc2cn(-c3ccccc3)nc2-c2cccnc2)CC1. The largest absolute Gasteiger partial charge is 0.481 e. The second-order valence-electron chi connectivity index (χ2n) is 7.29. The van der Waals surface area contributed by atoms with Gasteiger partial charge in [0.1, 0.15) is 0 Å². The van der Waals surface area contributed by atoms with Crippen molar-refractivity contribution >= 4 is 5.97 Å². The molecule has 6 nitrogen and oxygen atoms in total. The van der Waals surface area contributed by atoms with E-state index >= 15 is 0 Å². The van der Waals surface area contributed by atoms with Crippen molar-refractivity contribution in [3.8, 4) is 16.9 Å². The van der Waals surface area contributed by atoms with Gasteiger partial charge in [-0.05, 0) is 49.9 Å². The highest BCUT2D eigenvalue weighted by Crippen LogP contribution is 2.26. The van der Waals surface area contributed by atoms with Crippen LogP contribution in [-0.4, -0.2) is 31.9 Å². The quantitative estimate of drug-likeness (QED) is 0.686. The first-order chi connectivity index (χ1) is 13.7. The van der Waals surface area contributed by atoms with E-state index in [2.05, 4.69) is 16.5 Å². The Labute approximate surface area is 164 Å². The first-order valence-corrected chi connectivity index (χ1v) is 9.71. The summed E-state index contributed by atoms with van der Waals surface area (Å²) in [5.74, 6) is -0.855. The van der Waals surface area contributed by atoms with Crippen LogP contribution in [0.15, 0.2) is 61.1 Å². The standard InChI is InChI=1S/C22H24N4O2/c27-22(28)16-8-10-19(11-9-16)24-14-18-15-26(20-6-2-1-3-7-20)25-21(18)17-5-4-12-23-13-17/h1-7,12-13,15-16,19,24H,8-11,14H2,(H,27,28). The Morgan fingerprint density at radius 1 is 1.11 bits per heavy atom. The van der Waals surface area contributed by atoms with Crippen molar-refractivity contribution in [1.82, 2.24) is 20.1 Å². The van der Waals surface area contributed by atoms with Gasteiger partial charge in [-0.2, -0.15) is 5.10 Å². The Hall–Kier alpha value is -2.99. The molecular weight excluding hydrogens is 352 g/mol. The van der Waals surface area contributed by atoms with Gasteiger partial charge in [-0.3, -0.25) is 9.78 Å². The minimum absolute atomic E-state index is 0.190. The van der Waals surface area contributed by atoms with Crippen LogP contribution in [0, 0.1) is 5.92 Å². The van der Waals surface area contributed by atoms with Crippen LogP contribution >= 0.6 is 0 Å². The normalized spacial score (nSPS) is 19.4. The summed E-state index contributed by atoms with van der Waals surface area (Å²) in [6, 6.07) is 14.3. The molecule has 0 spiro atoms. The molecule has 0 atom stereocenters. The second kappa shape index (κ2) is 8.35. The lowest BCUT2D eigenvalue weighted by Gasteiger charge is -2.26. The van der Waals surface area contributed by atoms with Gasteiger partial charge in [-0.25, -0.2) is 4.68 Å². The lowest BCUT2D eigenvalue weighted by Crippen LogP contribution is -2.34. The molecule has 3 aromatic rings. The van der Waals surface area contributed by atoms with E-state index in [1.165, 1.54) is 0 Å². The van der Waals surface area contributed by atoms with Crippen LogP contribution in [0.5, 0.6) is 0 Å². The molecule has 0 bridgehead atoms. The number of nitrogens with one attached hydrogen (secondary N) is 1. The molecule has 0 aliphatic heterocycles. The monoisotopic (exact) mass is 376 g/mol. The number of hydrogen-bond donors (Lipinski definition) is 2. The molecule has 0 amide bonds. The molecule has 1 saturated carbocycles. The molecule has 2 N–H and O–H groups in total. The molecule has 1 aromatic carbocycles. The molecule has 0 radical (unpaired) electrons. The van der Waals surface area contributed by atoms with E-state index in [1.54, 1.807) is 6.20 Å².